The van der Waals surface area contributed by atoms with Crippen molar-refractivity contribution >= 4 is 21.6 Å². The first-order valence-electron chi connectivity index (χ1n) is 6.06. The summed E-state index contributed by atoms with van der Waals surface area (Å²) < 4.78 is 27.3. The lowest BCUT2D eigenvalue weighted by atomic mass is 10.2. The third-order valence-corrected chi connectivity index (χ3v) is 4.79. The minimum Gasteiger partial charge on any atom is -0.208 e. The van der Waals surface area contributed by atoms with E-state index in [0.717, 1.165) is 17.5 Å². The summed E-state index contributed by atoms with van der Waals surface area (Å²) in [6.07, 6.45) is 1.37. The Kier molecular flexibility index (Phi) is 5.63. The van der Waals surface area contributed by atoms with E-state index < -0.39 is 10.0 Å². The molecule has 3 nitrogen and oxygen atoms in total. The summed E-state index contributed by atoms with van der Waals surface area (Å²) in [6, 6.07) is 5.33. The summed E-state index contributed by atoms with van der Waals surface area (Å²) in [5.41, 5.74) is 1.69. The average molecular weight is 290 g/mol. The van der Waals surface area contributed by atoms with Crippen LogP contribution in [0.1, 0.15) is 30.9 Å². The fourth-order valence-electron chi connectivity index (χ4n) is 1.76. The molecule has 0 aliphatic carbocycles. The molecule has 1 aromatic rings. The second kappa shape index (κ2) is 6.55. The molecule has 0 amide bonds. The number of hydrogen-bond acceptors (Lipinski definition) is 2. The van der Waals surface area contributed by atoms with Gasteiger partial charge in [-0.3, -0.25) is 0 Å². The fourth-order valence-corrected chi connectivity index (χ4v) is 3.70. The van der Waals surface area contributed by atoms with Gasteiger partial charge in [0.1, 0.15) is 0 Å². The summed E-state index contributed by atoms with van der Waals surface area (Å²) in [4.78, 5) is 0.357. The van der Waals surface area contributed by atoms with Crippen molar-refractivity contribution in [3.8, 4) is 0 Å². The highest BCUT2D eigenvalue weighted by atomic mass is 35.5. The van der Waals surface area contributed by atoms with E-state index in [0.29, 0.717) is 17.2 Å². The molecular weight excluding hydrogens is 270 g/mol. The zero-order valence-corrected chi connectivity index (χ0v) is 12.6. The second-order valence-electron chi connectivity index (χ2n) is 4.47. The van der Waals surface area contributed by atoms with E-state index in [2.05, 4.69) is 4.72 Å². The Morgan fingerprint density at radius 3 is 2.56 bits per heavy atom. The van der Waals surface area contributed by atoms with Crippen LogP contribution in [0, 0.1) is 13.8 Å². The lowest BCUT2D eigenvalue weighted by molar-refractivity contribution is 0.531. The van der Waals surface area contributed by atoms with Crippen molar-refractivity contribution in [2.24, 2.45) is 0 Å². The van der Waals surface area contributed by atoms with E-state index in [4.69, 9.17) is 11.6 Å². The van der Waals surface area contributed by atoms with Crippen molar-refractivity contribution in [1.29, 1.82) is 0 Å². The maximum absolute atomic E-state index is 12.3. The Morgan fingerprint density at radius 1 is 1.33 bits per heavy atom. The van der Waals surface area contributed by atoms with Crippen LogP contribution in [0.3, 0.4) is 0 Å². The second-order valence-corrected chi connectivity index (χ2v) is 6.53. The Bertz CT molecular complexity index is 500. The summed E-state index contributed by atoms with van der Waals surface area (Å²) in [7, 11) is -3.46. The van der Waals surface area contributed by atoms with Crippen LogP contribution in [0.5, 0.6) is 0 Å². The Morgan fingerprint density at radius 2 is 2.00 bits per heavy atom. The van der Waals surface area contributed by atoms with Gasteiger partial charge in [0.15, 0.2) is 0 Å². The lowest BCUT2D eigenvalue weighted by Gasteiger charge is -2.17. The van der Waals surface area contributed by atoms with Crippen LogP contribution in [0.2, 0.25) is 0 Å². The number of nitrogens with one attached hydrogen (secondary N) is 1. The molecule has 0 fully saturated rings. The molecule has 0 heterocycles. The van der Waals surface area contributed by atoms with Crippen LogP contribution in [-0.4, -0.2) is 20.3 Å². The molecule has 0 spiro atoms. The Labute approximate surface area is 115 Å². The van der Waals surface area contributed by atoms with Gasteiger partial charge in [-0.2, -0.15) is 0 Å². The van der Waals surface area contributed by atoms with E-state index in [1.165, 1.54) is 0 Å². The predicted molar refractivity (Wildman–Crippen MR) is 75.7 cm³/mol. The number of hydrogen-bond donors (Lipinski definition) is 1. The quantitative estimate of drug-likeness (QED) is 0.818. The number of alkyl halides is 1. The smallest absolute Gasteiger partial charge is 0.208 e. The third kappa shape index (κ3) is 3.97. The number of sulfonamides is 1. The van der Waals surface area contributed by atoms with Crippen molar-refractivity contribution in [2.45, 2.75) is 44.6 Å². The summed E-state index contributed by atoms with van der Waals surface area (Å²) >= 11 is 5.67. The highest BCUT2D eigenvalue weighted by molar-refractivity contribution is 7.89. The van der Waals surface area contributed by atoms with Gasteiger partial charge < -0.3 is 0 Å². The monoisotopic (exact) mass is 289 g/mol. The van der Waals surface area contributed by atoms with E-state index >= 15 is 0 Å². The molecule has 1 unspecified atom stereocenters. The number of aryl methyl sites for hydroxylation is 2. The van der Waals surface area contributed by atoms with Gasteiger partial charge in [-0.05, 0) is 43.9 Å². The molecule has 1 N–H and O–H groups in total. The molecule has 18 heavy (non-hydrogen) atoms. The molecule has 102 valence electrons. The van der Waals surface area contributed by atoms with Crippen LogP contribution in [-0.2, 0) is 10.0 Å². The highest BCUT2D eigenvalue weighted by Gasteiger charge is 2.20. The number of benzene rings is 1. The molecule has 0 bridgehead atoms. The van der Waals surface area contributed by atoms with Gasteiger partial charge in [-0.25, -0.2) is 13.1 Å². The van der Waals surface area contributed by atoms with Crippen molar-refractivity contribution in [3.63, 3.8) is 0 Å². The van der Waals surface area contributed by atoms with Crippen LogP contribution in [0.25, 0.3) is 0 Å². The van der Waals surface area contributed by atoms with E-state index in [9.17, 15) is 8.42 Å². The molecule has 1 rings (SSSR count). The topological polar surface area (TPSA) is 46.2 Å². The van der Waals surface area contributed by atoms with Crippen LogP contribution >= 0.6 is 11.6 Å². The molecule has 1 aromatic carbocycles. The van der Waals surface area contributed by atoms with Gasteiger partial charge >= 0.3 is 0 Å². The van der Waals surface area contributed by atoms with Crippen molar-refractivity contribution in [3.05, 3.63) is 29.3 Å². The molecule has 0 aliphatic heterocycles. The highest BCUT2D eigenvalue weighted by Crippen LogP contribution is 2.17. The first-order valence-corrected chi connectivity index (χ1v) is 8.08. The molecule has 0 saturated heterocycles. The van der Waals surface area contributed by atoms with E-state index in [-0.39, 0.29) is 6.04 Å². The first kappa shape index (κ1) is 15.5. The maximum atomic E-state index is 12.3. The molecular formula is C13H20ClNO2S. The van der Waals surface area contributed by atoms with Gasteiger partial charge in [0, 0.05) is 11.9 Å². The number of rotatable bonds is 6. The normalized spacial score (nSPS) is 13.6. The largest absolute Gasteiger partial charge is 0.241 e. The van der Waals surface area contributed by atoms with Gasteiger partial charge in [-0.15, -0.1) is 11.6 Å². The van der Waals surface area contributed by atoms with E-state index in [1.807, 2.05) is 26.0 Å². The molecule has 0 aromatic heterocycles. The van der Waals surface area contributed by atoms with Gasteiger partial charge in [-0.1, -0.05) is 19.1 Å². The third-order valence-electron chi connectivity index (χ3n) is 2.91. The zero-order chi connectivity index (χ0) is 13.8. The maximum Gasteiger partial charge on any atom is 0.241 e. The minimum absolute atomic E-state index is 0.104. The van der Waals surface area contributed by atoms with E-state index in [1.54, 1.807) is 13.0 Å². The standard InChI is InChI=1S/C13H20ClNO2S/c1-4-12(7-8-14)15-18(16,17)13-9-10(2)5-6-11(13)3/h5-6,9,12,15H,4,7-8H2,1-3H3. The predicted octanol–water partition coefficient (Wildman–Crippen LogP) is 2.99. The van der Waals surface area contributed by atoms with Crippen LogP contribution in [0.15, 0.2) is 23.1 Å². The summed E-state index contributed by atoms with van der Waals surface area (Å²) in [5, 5.41) is 0. The SMILES string of the molecule is CCC(CCCl)NS(=O)(=O)c1cc(C)ccc1C. The number of halogens is 1. The summed E-state index contributed by atoms with van der Waals surface area (Å²) in [6.45, 7) is 5.63. The molecule has 0 aliphatic rings. The first-order chi connectivity index (χ1) is 8.40. The zero-order valence-electron chi connectivity index (χ0n) is 11.0. The molecule has 0 saturated carbocycles. The minimum atomic E-state index is -3.46. The van der Waals surface area contributed by atoms with Gasteiger partial charge in [0.2, 0.25) is 10.0 Å². The van der Waals surface area contributed by atoms with Gasteiger partial charge in [0.25, 0.3) is 0 Å². The molecule has 5 heteroatoms. The Balaban J connectivity index is 3.02. The van der Waals surface area contributed by atoms with Crippen LogP contribution in [0.4, 0.5) is 0 Å². The van der Waals surface area contributed by atoms with Crippen molar-refractivity contribution in [2.75, 3.05) is 5.88 Å². The van der Waals surface area contributed by atoms with Gasteiger partial charge in [0.05, 0.1) is 4.90 Å². The fraction of sp³-hybridized carbons (Fsp3) is 0.538. The Hall–Kier alpha value is -0.580. The lowest BCUT2D eigenvalue weighted by Crippen LogP contribution is -2.35. The van der Waals surface area contributed by atoms with Crippen molar-refractivity contribution in [1.82, 2.24) is 4.72 Å². The van der Waals surface area contributed by atoms with Crippen LogP contribution < -0.4 is 4.72 Å². The summed E-state index contributed by atoms with van der Waals surface area (Å²) in [5.74, 6) is 0.452. The molecule has 1 atom stereocenters. The average Bonchev–Trinajstić information content (AvgIpc) is 2.31. The van der Waals surface area contributed by atoms with Crippen molar-refractivity contribution < 1.29 is 8.42 Å². The molecule has 0 radical (unpaired) electrons.